The summed E-state index contributed by atoms with van der Waals surface area (Å²) in [7, 11) is 0. The van der Waals surface area contributed by atoms with Crippen molar-refractivity contribution in [2.45, 2.75) is 25.1 Å². The van der Waals surface area contributed by atoms with Crippen LogP contribution in [0.15, 0.2) is 18.2 Å². The van der Waals surface area contributed by atoms with Gasteiger partial charge in [0.1, 0.15) is 10.0 Å². The molecule has 0 saturated heterocycles. The van der Waals surface area contributed by atoms with E-state index in [1.54, 1.807) is 11.3 Å². The number of halogens is 2. The highest BCUT2D eigenvalue weighted by atomic mass is 79.9. The molecule has 0 bridgehead atoms. The summed E-state index contributed by atoms with van der Waals surface area (Å²) in [6.07, 6.45) is 1.00. The van der Waals surface area contributed by atoms with Crippen molar-refractivity contribution in [3.05, 3.63) is 33.8 Å². The molecule has 0 aliphatic rings. The van der Waals surface area contributed by atoms with Crippen molar-refractivity contribution < 1.29 is 0 Å². The molecule has 0 aliphatic carbocycles. The number of aromatic nitrogens is 2. The maximum absolute atomic E-state index is 6.11. The summed E-state index contributed by atoms with van der Waals surface area (Å²) in [5.41, 5.74) is 2.12. The number of nitrogens with zero attached hydrogens (tertiary/aromatic N) is 2. The molecule has 0 saturated carbocycles. The molecule has 0 spiro atoms. The molecule has 5 heteroatoms. The van der Waals surface area contributed by atoms with Gasteiger partial charge in [-0.25, -0.2) is 0 Å². The first-order chi connectivity index (χ1) is 8.13. The van der Waals surface area contributed by atoms with Crippen LogP contribution < -0.4 is 0 Å². The molecule has 1 heterocycles. The van der Waals surface area contributed by atoms with Crippen molar-refractivity contribution in [2.24, 2.45) is 0 Å². The normalized spacial score (nSPS) is 12.7. The number of benzene rings is 1. The van der Waals surface area contributed by atoms with Crippen molar-refractivity contribution >= 4 is 38.9 Å². The van der Waals surface area contributed by atoms with Gasteiger partial charge in [-0.2, -0.15) is 0 Å². The van der Waals surface area contributed by atoms with Crippen LogP contribution in [0.1, 0.15) is 28.7 Å². The Morgan fingerprint density at radius 2 is 2.18 bits per heavy atom. The van der Waals surface area contributed by atoms with Gasteiger partial charge >= 0.3 is 0 Å². The van der Waals surface area contributed by atoms with Crippen LogP contribution in [0.2, 0.25) is 5.02 Å². The molecule has 1 aromatic carbocycles. The number of rotatable bonds is 3. The van der Waals surface area contributed by atoms with Crippen LogP contribution >= 0.6 is 38.9 Å². The summed E-state index contributed by atoms with van der Waals surface area (Å²) >= 11 is 11.3. The molecule has 0 fully saturated rings. The van der Waals surface area contributed by atoms with Crippen LogP contribution in [-0.4, -0.2) is 10.2 Å². The first-order valence-electron chi connectivity index (χ1n) is 5.36. The van der Waals surface area contributed by atoms with Gasteiger partial charge in [0.2, 0.25) is 0 Å². The van der Waals surface area contributed by atoms with E-state index >= 15 is 0 Å². The Hall–Kier alpha value is -0.450. The standard InChI is InChI=1S/C12H12BrClN2S/c1-3-9(13)12-16-15-11(17-12)8-5-4-6-10(14)7(8)2/h4-6,9H,3H2,1-2H3. The number of alkyl halides is 1. The zero-order valence-electron chi connectivity index (χ0n) is 9.58. The van der Waals surface area contributed by atoms with Crippen LogP contribution in [0.3, 0.4) is 0 Å². The Morgan fingerprint density at radius 1 is 1.41 bits per heavy atom. The Labute approximate surface area is 118 Å². The van der Waals surface area contributed by atoms with Crippen LogP contribution in [-0.2, 0) is 0 Å². The van der Waals surface area contributed by atoms with Crippen molar-refractivity contribution in [3.8, 4) is 10.6 Å². The first kappa shape index (κ1) is 13.0. The average Bonchev–Trinajstić information content (AvgIpc) is 2.81. The Kier molecular flexibility index (Phi) is 4.17. The molecule has 2 aromatic rings. The average molecular weight is 332 g/mol. The molecule has 1 atom stereocenters. The zero-order valence-corrected chi connectivity index (χ0v) is 12.7. The van der Waals surface area contributed by atoms with Crippen LogP contribution in [0.5, 0.6) is 0 Å². The predicted octanol–water partition coefficient (Wildman–Crippen LogP) is 5.01. The number of hydrogen-bond donors (Lipinski definition) is 0. The summed E-state index contributed by atoms with van der Waals surface area (Å²) < 4.78 is 0. The van der Waals surface area contributed by atoms with E-state index in [0.717, 1.165) is 32.6 Å². The predicted molar refractivity (Wildman–Crippen MR) is 77.1 cm³/mol. The van der Waals surface area contributed by atoms with E-state index in [0.29, 0.717) is 0 Å². The summed E-state index contributed by atoms with van der Waals surface area (Å²) in [5, 5.41) is 11.2. The zero-order chi connectivity index (χ0) is 12.4. The topological polar surface area (TPSA) is 25.8 Å². The fourth-order valence-corrected chi connectivity index (χ4v) is 3.02. The van der Waals surface area contributed by atoms with Gasteiger partial charge in [-0.3, -0.25) is 0 Å². The summed E-state index contributed by atoms with van der Waals surface area (Å²) in [6.45, 7) is 4.12. The summed E-state index contributed by atoms with van der Waals surface area (Å²) in [4.78, 5) is 0.285. The summed E-state index contributed by atoms with van der Waals surface area (Å²) in [6, 6.07) is 5.86. The second kappa shape index (κ2) is 5.46. The monoisotopic (exact) mass is 330 g/mol. The van der Waals surface area contributed by atoms with E-state index in [1.165, 1.54) is 0 Å². The van der Waals surface area contributed by atoms with Gasteiger partial charge in [-0.1, -0.05) is 57.9 Å². The van der Waals surface area contributed by atoms with E-state index in [2.05, 4.69) is 33.1 Å². The molecule has 17 heavy (non-hydrogen) atoms. The molecule has 2 nitrogen and oxygen atoms in total. The van der Waals surface area contributed by atoms with Gasteiger partial charge in [-0.05, 0) is 25.0 Å². The van der Waals surface area contributed by atoms with Crippen LogP contribution in [0, 0.1) is 6.92 Å². The lowest BCUT2D eigenvalue weighted by atomic mass is 10.1. The molecule has 0 N–H and O–H groups in total. The second-order valence-corrected chi connectivity index (χ2v) is 6.26. The van der Waals surface area contributed by atoms with Crippen molar-refractivity contribution in [2.75, 3.05) is 0 Å². The van der Waals surface area contributed by atoms with Gasteiger partial charge in [-0.15, -0.1) is 10.2 Å². The Bertz CT molecular complexity index is 527. The molecule has 2 rings (SSSR count). The fourth-order valence-electron chi connectivity index (χ4n) is 1.48. The van der Waals surface area contributed by atoms with Gasteiger partial charge < -0.3 is 0 Å². The quantitative estimate of drug-likeness (QED) is 0.739. The molecule has 1 aromatic heterocycles. The lowest BCUT2D eigenvalue weighted by molar-refractivity contribution is 0.870. The third kappa shape index (κ3) is 2.69. The largest absolute Gasteiger partial charge is 0.148 e. The minimum atomic E-state index is 0.285. The molecule has 0 amide bonds. The minimum absolute atomic E-state index is 0.285. The lowest BCUT2D eigenvalue weighted by Gasteiger charge is -2.03. The highest BCUT2D eigenvalue weighted by Gasteiger charge is 2.14. The maximum atomic E-state index is 6.11. The van der Waals surface area contributed by atoms with Gasteiger partial charge in [0.25, 0.3) is 0 Å². The SMILES string of the molecule is CCC(Br)c1nnc(-c2cccc(Cl)c2C)s1. The number of hydrogen-bond acceptors (Lipinski definition) is 3. The van der Waals surface area contributed by atoms with E-state index in [-0.39, 0.29) is 4.83 Å². The van der Waals surface area contributed by atoms with E-state index in [4.69, 9.17) is 11.6 Å². The molecule has 0 aliphatic heterocycles. The van der Waals surface area contributed by atoms with Crippen molar-refractivity contribution in [1.29, 1.82) is 0 Å². The highest BCUT2D eigenvalue weighted by molar-refractivity contribution is 9.09. The van der Waals surface area contributed by atoms with Gasteiger partial charge in [0.15, 0.2) is 0 Å². The first-order valence-corrected chi connectivity index (χ1v) is 7.47. The molecule has 1 unspecified atom stereocenters. The van der Waals surface area contributed by atoms with Gasteiger partial charge in [0, 0.05) is 10.6 Å². The van der Waals surface area contributed by atoms with Crippen molar-refractivity contribution in [1.82, 2.24) is 10.2 Å². The van der Waals surface area contributed by atoms with E-state index in [9.17, 15) is 0 Å². The van der Waals surface area contributed by atoms with E-state index < -0.39 is 0 Å². The van der Waals surface area contributed by atoms with Crippen molar-refractivity contribution in [3.63, 3.8) is 0 Å². The van der Waals surface area contributed by atoms with Crippen LogP contribution in [0.25, 0.3) is 10.6 Å². The molecule has 90 valence electrons. The maximum Gasteiger partial charge on any atom is 0.148 e. The van der Waals surface area contributed by atoms with Gasteiger partial charge in [0.05, 0.1) is 4.83 Å². The minimum Gasteiger partial charge on any atom is -0.142 e. The van der Waals surface area contributed by atoms with Crippen LogP contribution in [0.4, 0.5) is 0 Å². The second-order valence-electron chi connectivity index (χ2n) is 3.73. The Balaban J connectivity index is 2.40. The third-order valence-corrected chi connectivity index (χ3v) is 5.43. The molecular weight excluding hydrogens is 320 g/mol. The fraction of sp³-hybridized carbons (Fsp3) is 0.333. The Morgan fingerprint density at radius 3 is 2.88 bits per heavy atom. The lowest BCUT2D eigenvalue weighted by Crippen LogP contribution is -1.85. The third-order valence-electron chi connectivity index (χ3n) is 2.57. The van der Waals surface area contributed by atoms with E-state index in [1.807, 2.05) is 25.1 Å². The summed E-state index contributed by atoms with van der Waals surface area (Å²) in [5.74, 6) is 0. The smallest absolute Gasteiger partial charge is 0.142 e. The molecule has 0 radical (unpaired) electrons. The highest BCUT2D eigenvalue weighted by Crippen LogP contribution is 2.35. The molecular formula is C12H12BrClN2S.